The molecule has 0 fully saturated rings. The molecule has 1 amide bonds. The zero-order chi connectivity index (χ0) is 5.98. The van der Waals surface area contributed by atoms with Gasteiger partial charge in [0.2, 0.25) is 0 Å². The van der Waals surface area contributed by atoms with E-state index in [2.05, 4.69) is 0 Å². The molecule has 0 aromatic rings. The largest absolute Gasteiger partial charge is 0.283 e. The topological polar surface area (TPSA) is 49.2 Å². The van der Waals surface area contributed by atoms with Crippen LogP contribution in [0.4, 0.5) is 0 Å². The van der Waals surface area contributed by atoms with E-state index in [9.17, 15) is 9.70 Å². The molecule has 0 radical (unpaired) electrons. The summed E-state index contributed by atoms with van der Waals surface area (Å²) in [6, 6.07) is 0. The van der Waals surface area contributed by atoms with Gasteiger partial charge < -0.3 is 0 Å². The summed E-state index contributed by atoms with van der Waals surface area (Å²) >= 11 is 0. The summed E-state index contributed by atoms with van der Waals surface area (Å²) < 4.78 is 0. The molecular formula is C4H5N2O2+. The maximum atomic E-state index is 10.3. The number of nitroso groups, excluding NO2 is 1. The molecule has 1 heterocycles. The van der Waals surface area contributed by atoms with E-state index in [0.717, 1.165) is 0 Å². The number of nitrogens with zero attached hydrogens (tertiary/aromatic N) is 1. The standard InChI is InChI=1S/C4H4N2O2/c7-4-2-1-3-6(8)5-4/h1,3H,2H2/p+1. The van der Waals surface area contributed by atoms with Crippen LogP contribution in [0, 0.1) is 4.91 Å². The van der Waals surface area contributed by atoms with Gasteiger partial charge in [-0.3, -0.25) is 4.79 Å². The van der Waals surface area contributed by atoms with Crippen molar-refractivity contribution in [2.75, 3.05) is 0 Å². The van der Waals surface area contributed by atoms with Gasteiger partial charge in [0.1, 0.15) is 0 Å². The average Bonchev–Trinajstić information content (AvgIpc) is 1.64. The minimum atomic E-state index is -0.262. The van der Waals surface area contributed by atoms with Crippen molar-refractivity contribution in [1.29, 1.82) is 0 Å². The number of carbonyl (C=O) groups excluding carboxylic acids is 1. The Morgan fingerprint density at radius 1 is 1.75 bits per heavy atom. The van der Waals surface area contributed by atoms with Crippen LogP contribution in [0.1, 0.15) is 6.42 Å². The lowest BCUT2D eigenvalue weighted by molar-refractivity contribution is -0.531. The third-order valence-electron chi connectivity index (χ3n) is 0.779. The molecule has 0 aromatic heterocycles. The Kier molecular flexibility index (Phi) is 1.07. The van der Waals surface area contributed by atoms with Gasteiger partial charge in [-0.1, -0.05) is 5.43 Å². The number of hydrogen-bond acceptors (Lipinski definition) is 2. The van der Waals surface area contributed by atoms with E-state index in [-0.39, 0.29) is 5.91 Å². The first-order chi connectivity index (χ1) is 3.79. The molecule has 0 atom stereocenters. The molecule has 0 saturated carbocycles. The van der Waals surface area contributed by atoms with Crippen molar-refractivity contribution in [3.8, 4) is 0 Å². The second-order valence-corrected chi connectivity index (χ2v) is 1.45. The summed E-state index contributed by atoms with van der Waals surface area (Å²) in [6.07, 6.45) is 3.08. The van der Waals surface area contributed by atoms with Crippen molar-refractivity contribution in [2.24, 2.45) is 0 Å². The van der Waals surface area contributed by atoms with Crippen LogP contribution in [0.2, 0.25) is 0 Å². The molecule has 1 aliphatic rings. The lowest BCUT2D eigenvalue weighted by Crippen LogP contribution is -2.31. The molecule has 0 aliphatic carbocycles. The molecule has 0 unspecified atom stereocenters. The highest BCUT2D eigenvalue weighted by molar-refractivity contribution is 5.76. The Balaban J connectivity index is 2.68. The van der Waals surface area contributed by atoms with Gasteiger partial charge in [-0.25, -0.2) is 0 Å². The van der Waals surface area contributed by atoms with E-state index in [4.69, 9.17) is 0 Å². The molecule has 1 aliphatic heterocycles. The summed E-state index contributed by atoms with van der Waals surface area (Å²) in [7, 11) is 0. The van der Waals surface area contributed by atoms with Crippen molar-refractivity contribution in [2.45, 2.75) is 6.42 Å². The summed E-state index contributed by atoms with van der Waals surface area (Å²) in [6.45, 7) is 0. The SMILES string of the molecule is O=C1CC=C[N+](=O)N1. The first-order valence-corrected chi connectivity index (χ1v) is 2.21. The van der Waals surface area contributed by atoms with Crippen LogP contribution in [-0.2, 0) is 4.79 Å². The number of amides is 1. The third-order valence-corrected chi connectivity index (χ3v) is 0.779. The zero-order valence-electron chi connectivity index (χ0n) is 4.13. The Morgan fingerprint density at radius 2 is 2.50 bits per heavy atom. The molecule has 42 valence electrons. The number of hydrogen-bond donors (Lipinski definition) is 1. The Morgan fingerprint density at radius 3 is 2.88 bits per heavy atom. The number of nitrogens with one attached hydrogen (secondary N) is 1. The van der Waals surface area contributed by atoms with Crippen molar-refractivity contribution in [1.82, 2.24) is 5.43 Å². The van der Waals surface area contributed by atoms with Crippen LogP contribution in [0.25, 0.3) is 0 Å². The average molecular weight is 113 g/mol. The summed E-state index contributed by atoms with van der Waals surface area (Å²) in [5.74, 6) is -0.262. The minimum absolute atomic E-state index is 0.262. The summed E-state index contributed by atoms with van der Waals surface area (Å²) in [5, 5.41) is 0. The van der Waals surface area contributed by atoms with E-state index in [1.165, 1.54) is 12.3 Å². The predicted octanol–water partition coefficient (Wildman–Crippen LogP) is -0.286. The number of carbonyl (C=O) groups is 1. The monoisotopic (exact) mass is 113 g/mol. The zero-order valence-corrected chi connectivity index (χ0v) is 4.13. The molecule has 1 N–H and O–H groups in total. The predicted molar refractivity (Wildman–Crippen MR) is 25.5 cm³/mol. The second-order valence-electron chi connectivity index (χ2n) is 1.45. The molecule has 4 nitrogen and oxygen atoms in total. The first kappa shape index (κ1) is 4.96. The van der Waals surface area contributed by atoms with Gasteiger partial charge in [0.15, 0.2) is 4.87 Å². The molecule has 0 saturated heterocycles. The highest BCUT2D eigenvalue weighted by atomic mass is 16.3. The molecule has 0 aromatic carbocycles. The van der Waals surface area contributed by atoms with E-state index in [0.29, 0.717) is 11.3 Å². The quantitative estimate of drug-likeness (QED) is 0.439. The second kappa shape index (κ2) is 1.73. The van der Waals surface area contributed by atoms with Crippen LogP contribution in [0.15, 0.2) is 12.3 Å². The molecule has 0 spiro atoms. The fraction of sp³-hybridized carbons (Fsp3) is 0.250. The fourth-order valence-corrected chi connectivity index (χ4v) is 0.461. The summed E-state index contributed by atoms with van der Waals surface area (Å²) in [5.41, 5.74) is 2.03. The van der Waals surface area contributed by atoms with Crippen LogP contribution < -0.4 is 5.43 Å². The minimum Gasteiger partial charge on any atom is -0.269 e. The molecule has 1 rings (SSSR count). The van der Waals surface area contributed by atoms with Gasteiger partial charge in [0, 0.05) is 0 Å². The van der Waals surface area contributed by atoms with Crippen molar-refractivity contribution in [3.05, 3.63) is 17.2 Å². The Bertz CT molecular complexity index is 161. The van der Waals surface area contributed by atoms with Crippen LogP contribution in [-0.4, -0.2) is 10.8 Å². The van der Waals surface area contributed by atoms with E-state index < -0.39 is 0 Å². The first-order valence-electron chi connectivity index (χ1n) is 2.21. The highest BCUT2D eigenvalue weighted by Crippen LogP contribution is 1.88. The number of hydrazine groups is 1. The molecular weight excluding hydrogens is 108 g/mol. The van der Waals surface area contributed by atoms with E-state index >= 15 is 0 Å². The molecule has 0 bridgehead atoms. The Hall–Kier alpha value is -1.19. The van der Waals surface area contributed by atoms with Gasteiger partial charge in [0.25, 0.3) is 12.1 Å². The smallest absolute Gasteiger partial charge is 0.269 e. The normalized spacial score (nSPS) is 18.5. The van der Waals surface area contributed by atoms with Crippen LogP contribution >= 0.6 is 0 Å². The van der Waals surface area contributed by atoms with Crippen molar-refractivity contribution in [3.63, 3.8) is 0 Å². The van der Waals surface area contributed by atoms with Gasteiger partial charge in [-0.2, -0.15) is 0 Å². The Labute approximate surface area is 45.7 Å². The number of rotatable bonds is 0. The molecule has 4 heteroatoms. The molecule has 8 heavy (non-hydrogen) atoms. The van der Waals surface area contributed by atoms with E-state index in [1.54, 1.807) is 0 Å². The van der Waals surface area contributed by atoms with Gasteiger partial charge in [-0.15, -0.1) is 0 Å². The van der Waals surface area contributed by atoms with Gasteiger partial charge in [-0.05, 0) is 6.08 Å². The van der Waals surface area contributed by atoms with Crippen LogP contribution in [0.3, 0.4) is 0 Å². The van der Waals surface area contributed by atoms with Gasteiger partial charge >= 0.3 is 0 Å². The van der Waals surface area contributed by atoms with Gasteiger partial charge in [0.05, 0.1) is 11.3 Å². The highest BCUT2D eigenvalue weighted by Gasteiger charge is 2.13. The third kappa shape index (κ3) is 0.900. The lowest BCUT2D eigenvalue weighted by Gasteiger charge is -1.92. The van der Waals surface area contributed by atoms with E-state index in [1.807, 2.05) is 5.43 Å². The fourth-order valence-electron chi connectivity index (χ4n) is 0.461. The lowest BCUT2D eigenvalue weighted by atomic mass is 10.4. The van der Waals surface area contributed by atoms with Crippen molar-refractivity contribution >= 4 is 5.91 Å². The maximum absolute atomic E-state index is 10.3. The maximum Gasteiger partial charge on any atom is 0.283 e. The summed E-state index contributed by atoms with van der Waals surface area (Å²) in [4.78, 5) is 20.8. The van der Waals surface area contributed by atoms with Crippen LogP contribution in [0.5, 0.6) is 0 Å². The van der Waals surface area contributed by atoms with Crippen molar-refractivity contribution < 1.29 is 9.66 Å².